The lowest BCUT2D eigenvalue weighted by molar-refractivity contribution is -0.140. The Morgan fingerprint density at radius 2 is 1.77 bits per heavy atom. The summed E-state index contributed by atoms with van der Waals surface area (Å²) in [6.45, 7) is 10.1. The lowest BCUT2D eigenvalue weighted by atomic mass is 10.1. The van der Waals surface area contributed by atoms with Crippen molar-refractivity contribution in [2.75, 3.05) is 5.75 Å². The van der Waals surface area contributed by atoms with E-state index in [0.29, 0.717) is 18.7 Å². The minimum Gasteiger partial charge on any atom is -0.350 e. The van der Waals surface area contributed by atoms with Gasteiger partial charge in [-0.15, -0.1) is 11.8 Å². The standard InChI is InChI=1S/C25H33FN2O2S/c1-6-22(24(30)27-25(3,4)5)28(15-20-9-7-8-18(2)14-20)23(29)17-31-16-19-10-12-21(26)13-11-19/h7-14,22H,6,15-17H2,1-5H3,(H,27,30)/t22-/m1/s1. The summed E-state index contributed by atoms with van der Waals surface area (Å²) >= 11 is 1.47. The van der Waals surface area contributed by atoms with Crippen LogP contribution >= 0.6 is 11.8 Å². The third kappa shape index (κ3) is 8.37. The zero-order chi connectivity index (χ0) is 23.0. The normalized spacial score (nSPS) is 12.3. The quantitative estimate of drug-likeness (QED) is 0.586. The van der Waals surface area contributed by atoms with E-state index in [1.165, 1.54) is 23.9 Å². The van der Waals surface area contributed by atoms with Crippen LogP contribution in [0.3, 0.4) is 0 Å². The van der Waals surface area contributed by atoms with Gasteiger partial charge in [0.05, 0.1) is 5.75 Å². The number of hydrogen-bond acceptors (Lipinski definition) is 3. The largest absolute Gasteiger partial charge is 0.350 e. The molecule has 2 aromatic rings. The first-order chi connectivity index (χ1) is 14.6. The highest BCUT2D eigenvalue weighted by Crippen LogP contribution is 2.18. The third-order valence-corrected chi connectivity index (χ3v) is 5.72. The second-order valence-corrected chi connectivity index (χ2v) is 9.78. The second-order valence-electron chi connectivity index (χ2n) is 8.79. The Morgan fingerprint density at radius 1 is 1.10 bits per heavy atom. The number of rotatable bonds is 9. The molecule has 1 atom stereocenters. The zero-order valence-corrected chi connectivity index (χ0v) is 19.9. The molecule has 0 heterocycles. The summed E-state index contributed by atoms with van der Waals surface area (Å²) in [6.07, 6.45) is 0.530. The van der Waals surface area contributed by atoms with E-state index < -0.39 is 6.04 Å². The molecule has 2 aromatic carbocycles. The van der Waals surface area contributed by atoms with Crippen LogP contribution in [0, 0.1) is 12.7 Å². The molecule has 1 N–H and O–H groups in total. The van der Waals surface area contributed by atoms with Gasteiger partial charge in [-0.2, -0.15) is 0 Å². The molecule has 6 heteroatoms. The van der Waals surface area contributed by atoms with Gasteiger partial charge in [0, 0.05) is 17.8 Å². The molecule has 31 heavy (non-hydrogen) atoms. The first-order valence-electron chi connectivity index (χ1n) is 10.6. The number of hydrogen-bond donors (Lipinski definition) is 1. The maximum Gasteiger partial charge on any atom is 0.243 e. The minimum absolute atomic E-state index is 0.0791. The highest BCUT2D eigenvalue weighted by molar-refractivity contribution is 7.99. The Hall–Kier alpha value is -2.34. The van der Waals surface area contributed by atoms with Crippen molar-refractivity contribution < 1.29 is 14.0 Å². The van der Waals surface area contributed by atoms with Gasteiger partial charge in [0.15, 0.2) is 0 Å². The van der Waals surface area contributed by atoms with Gasteiger partial charge in [-0.05, 0) is 57.4 Å². The monoisotopic (exact) mass is 444 g/mol. The van der Waals surface area contributed by atoms with Gasteiger partial charge in [0.1, 0.15) is 11.9 Å². The van der Waals surface area contributed by atoms with E-state index in [2.05, 4.69) is 5.32 Å². The highest BCUT2D eigenvalue weighted by Gasteiger charge is 2.30. The predicted molar refractivity (Wildman–Crippen MR) is 126 cm³/mol. The van der Waals surface area contributed by atoms with Gasteiger partial charge in [-0.1, -0.05) is 48.9 Å². The van der Waals surface area contributed by atoms with Crippen molar-refractivity contribution >= 4 is 23.6 Å². The van der Waals surface area contributed by atoms with Gasteiger partial charge < -0.3 is 10.2 Å². The van der Waals surface area contributed by atoms with Gasteiger partial charge in [-0.25, -0.2) is 4.39 Å². The van der Waals surface area contributed by atoms with Crippen molar-refractivity contribution in [3.05, 3.63) is 71.0 Å². The molecular weight excluding hydrogens is 411 g/mol. The molecule has 0 aliphatic heterocycles. The summed E-state index contributed by atoms with van der Waals surface area (Å²) in [6, 6.07) is 13.8. The average molecular weight is 445 g/mol. The van der Waals surface area contributed by atoms with Gasteiger partial charge in [-0.3, -0.25) is 9.59 Å². The van der Waals surface area contributed by atoms with Crippen molar-refractivity contribution in [1.29, 1.82) is 0 Å². The van der Waals surface area contributed by atoms with E-state index in [-0.39, 0.29) is 28.9 Å². The Balaban J connectivity index is 2.15. The molecule has 0 aromatic heterocycles. The van der Waals surface area contributed by atoms with Crippen LogP contribution in [0.1, 0.15) is 50.8 Å². The number of nitrogens with zero attached hydrogens (tertiary/aromatic N) is 1. The molecule has 0 unspecified atom stereocenters. The fourth-order valence-electron chi connectivity index (χ4n) is 3.30. The number of nitrogens with one attached hydrogen (secondary N) is 1. The highest BCUT2D eigenvalue weighted by atomic mass is 32.2. The molecule has 0 fully saturated rings. The lowest BCUT2D eigenvalue weighted by Gasteiger charge is -2.33. The zero-order valence-electron chi connectivity index (χ0n) is 19.1. The first-order valence-corrected chi connectivity index (χ1v) is 11.7. The minimum atomic E-state index is -0.543. The Labute approximate surface area is 189 Å². The van der Waals surface area contributed by atoms with Crippen molar-refractivity contribution in [1.82, 2.24) is 10.2 Å². The van der Waals surface area contributed by atoms with E-state index in [9.17, 15) is 14.0 Å². The smallest absolute Gasteiger partial charge is 0.243 e. The molecule has 0 saturated carbocycles. The van der Waals surface area contributed by atoms with Crippen LogP contribution in [-0.2, 0) is 21.9 Å². The van der Waals surface area contributed by atoms with Crippen molar-refractivity contribution in [3.8, 4) is 0 Å². The fraction of sp³-hybridized carbons (Fsp3) is 0.440. The van der Waals surface area contributed by atoms with E-state index in [4.69, 9.17) is 0 Å². The summed E-state index contributed by atoms with van der Waals surface area (Å²) in [4.78, 5) is 27.9. The predicted octanol–water partition coefficient (Wildman–Crippen LogP) is 5.09. The van der Waals surface area contributed by atoms with Crippen LogP contribution in [0.5, 0.6) is 0 Å². The van der Waals surface area contributed by atoms with Crippen LogP contribution in [-0.4, -0.2) is 34.0 Å². The number of halogens is 1. The molecule has 168 valence electrons. The second kappa shape index (κ2) is 11.3. The van der Waals surface area contributed by atoms with Gasteiger partial charge >= 0.3 is 0 Å². The number of carbonyl (C=O) groups excluding carboxylic acids is 2. The number of amides is 2. The molecule has 4 nitrogen and oxygen atoms in total. The molecule has 0 bridgehead atoms. The maximum atomic E-state index is 13.2. The van der Waals surface area contributed by atoms with Crippen LogP contribution in [0.2, 0.25) is 0 Å². The van der Waals surface area contributed by atoms with E-state index in [1.54, 1.807) is 17.0 Å². The van der Waals surface area contributed by atoms with E-state index >= 15 is 0 Å². The number of thioether (sulfide) groups is 1. The Kier molecular flexibility index (Phi) is 9.11. The molecular formula is C25H33FN2O2S. The number of carbonyl (C=O) groups is 2. The summed E-state index contributed by atoms with van der Waals surface area (Å²) in [5, 5.41) is 3.01. The molecule has 2 amide bonds. The molecule has 0 aliphatic carbocycles. The number of benzene rings is 2. The van der Waals surface area contributed by atoms with E-state index in [0.717, 1.165) is 16.7 Å². The molecule has 0 radical (unpaired) electrons. The van der Waals surface area contributed by atoms with Crippen LogP contribution in [0.4, 0.5) is 4.39 Å². The van der Waals surface area contributed by atoms with Crippen molar-refractivity contribution in [2.24, 2.45) is 0 Å². The van der Waals surface area contributed by atoms with Gasteiger partial charge in [0.25, 0.3) is 0 Å². The van der Waals surface area contributed by atoms with E-state index in [1.807, 2.05) is 58.9 Å². The molecule has 0 aliphatic rings. The lowest BCUT2D eigenvalue weighted by Crippen LogP contribution is -2.53. The van der Waals surface area contributed by atoms with Gasteiger partial charge in [0.2, 0.25) is 11.8 Å². The molecule has 0 spiro atoms. The fourth-order valence-corrected chi connectivity index (χ4v) is 4.17. The van der Waals surface area contributed by atoms with Crippen molar-refractivity contribution in [2.45, 2.75) is 64.9 Å². The SMILES string of the molecule is CC[C@H](C(=O)NC(C)(C)C)N(Cc1cccc(C)c1)C(=O)CSCc1ccc(F)cc1. The van der Waals surface area contributed by atoms with Crippen molar-refractivity contribution in [3.63, 3.8) is 0 Å². The molecule has 0 saturated heterocycles. The maximum absolute atomic E-state index is 13.2. The van der Waals surface area contributed by atoms with Crippen LogP contribution < -0.4 is 5.32 Å². The summed E-state index contributed by atoms with van der Waals surface area (Å²) in [5.41, 5.74) is 2.70. The topological polar surface area (TPSA) is 49.4 Å². The third-order valence-electron chi connectivity index (χ3n) is 4.73. The average Bonchev–Trinajstić information content (AvgIpc) is 2.68. The summed E-state index contributed by atoms with van der Waals surface area (Å²) < 4.78 is 13.1. The molecule has 2 rings (SSSR count). The van der Waals surface area contributed by atoms with Crippen LogP contribution in [0.25, 0.3) is 0 Å². The summed E-state index contributed by atoms with van der Waals surface area (Å²) in [5.74, 6) is 0.367. The van der Waals surface area contributed by atoms with Crippen LogP contribution in [0.15, 0.2) is 48.5 Å². The Morgan fingerprint density at radius 3 is 2.35 bits per heavy atom. The summed E-state index contributed by atoms with van der Waals surface area (Å²) in [7, 11) is 0. The first kappa shape index (κ1) is 24.9. The number of aryl methyl sites for hydroxylation is 1. The Bertz CT molecular complexity index is 878.